The van der Waals surface area contributed by atoms with Gasteiger partial charge in [0, 0.05) is 11.4 Å². The largest absolute Gasteiger partial charge is 0.385 e. The Balaban J connectivity index is 2.09. The SMILES string of the molecule is OC(Cc1cccc(Cl)c1)c1ncn[nH]1. The van der Waals surface area contributed by atoms with Crippen molar-refractivity contribution in [2.75, 3.05) is 0 Å². The average molecular weight is 224 g/mol. The lowest BCUT2D eigenvalue weighted by Gasteiger charge is -2.07. The molecular formula is C10H10ClN3O. The van der Waals surface area contributed by atoms with E-state index in [4.69, 9.17) is 11.6 Å². The molecule has 1 atom stereocenters. The molecular weight excluding hydrogens is 214 g/mol. The highest BCUT2D eigenvalue weighted by molar-refractivity contribution is 6.30. The third-order valence-electron chi connectivity index (χ3n) is 2.07. The van der Waals surface area contributed by atoms with Crippen LogP contribution in [0.5, 0.6) is 0 Å². The molecule has 0 radical (unpaired) electrons. The second-order valence-corrected chi connectivity index (χ2v) is 3.66. The second-order valence-electron chi connectivity index (χ2n) is 3.22. The number of H-pyrrole nitrogens is 1. The van der Waals surface area contributed by atoms with Crippen LogP contribution in [0.4, 0.5) is 0 Å². The minimum absolute atomic E-state index is 0.468. The van der Waals surface area contributed by atoms with Gasteiger partial charge in [-0.1, -0.05) is 23.7 Å². The van der Waals surface area contributed by atoms with Gasteiger partial charge >= 0.3 is 0 Å². The number of nitrogens with one attached hydrogen (secondary N) is 1. The van der Waals surface area contributed by atoms with E-state index < -0.39 is 6.10 Å². The maximum absolute atomic E-state index is 9.78. The van der Waals surface area contributed by atoms with Gasteiger partial charge in [0.15, 0.2) is 5.82 Å². The van der Waals surface area contributed by atoms with Crippen molar-refractivity contribution in [3.8, 4) is 0 Å². The van der Waals surface area contributed by atoms with Gasteiger partial charge in [0.25, 0.3) is 0 Å². The molecule has 1 aromatic carbocycles. The Labute approximate surface area is 91.9 Å². The van der Waals surface area contributed by atoms with Crippen molar-refractivity contribution in [3.63, 3.8) is 0 Å². The van der Waals surface area contributed by atoms with Crippen LogP contribution in [0.2, 0.25) is 5.02 Å². The summed E-state index contributed by atoms with van der Waals surface area (Å²) in [6.45, 7) is 0. The van der Waals surface area contributed by atoms with E-state index in [2.05, 4.69) is 15.2 Å². The van der Waals surface area contributed by atoms with Crippen LogP contribution in [0.3, 0.4) is 0 Å². The van der Waals surface area contributed by atoms with Crippen LogP contribution in [0, 0.1) is 0 Å². The first-order valence-electron chi connectivity index (χ1n) is 4.53. The molecule has 0 spiro atoms. The van der Waals surface area contributed by atoms with Crippen molar-refractivity contribution in [2.45, 2.75) is 12.5 Å². The van der Waals surface area contributed by atoms with Gasteiger partial charge < -0.3 is 5.11 Å². The summed E-state index contributed by atoms with van der Waals surface area (Å²) in [5.41, 5.74) is 0.964. The quantitative estimate of drug-likeness (QED) is 0.833. The Bertz CT molecular complexity index is 430. The molecule has 0 saturated heterocycles. The van der Waals surface area contributed by atoms with E-state index in [1.165, 1.54) is 6.33 Å². The highest BCUT2D eigenvalue weighted by Gasteiger charge is 2.11. The summed E-state index contributed by atoms with van der Waals surface area (Å²) in [7, 11) is 0. The molecule has 15 heavy (non-hydrogen) atoms. The Morgan fingerprint density at radius 1 is 1.47 bits per heavy atom. The first-order valence-corrected chi connectivity index (χ1v) is 4.91. The van der Waals surface area contributed by atoms with Crippen molar-refractivity contribution in [3.05, 3.63) is 47.0 Å². The highest BCUT2D eigenvalue weighted by atomic mass is 35.5. The van der Waals surface area contributed by atoms with Gasteiger partial charge in [-0.25, -0.2) is 4.98 Å². The first kappa shape index (κ1) is 10.1. The average Bonchev–Trinajstić information content (AvgIpc) is 2.70. The predicted molar refractivity (Wildman–Crippen MR) is 56.5 cm³/mol. The fourth-order valence-corrected chi connectivity index (χ4v) is 1.57. The standard InChI is InChI=1S/C10H10ClN3O/c11-8-3-1-2-7(4-8)5-9(15)10-12-6-13-14-10/h1-4,6,9,15H,5H2,(H,12,13,14). The number of rotatable bonds is 3. The molecule has 0 aliphatic carbocycles. The smallest absolute Gasteiger partial charge is 0.153 e. The van der Waals surface area contributed by atoms with E-state index in [0.29, 0.717) is 17.3 Å². The van der Waals surface area contributed by atoms with Crippen LogP contribution in [0.1, 0.15) is 17.5 Å². The number of aromatic amines is 1. The highest BCUT2D eigenvalue weighted by Crippen LogP contribution is 2.17. The lowest BCUT2D eigenvalue weighted by atomic mass is 10.1. The minimum atomic E-state index is -0.675. The summed E-state index contributed by atoms with van der Waals surface area (Å²) in [5, 5.41) is 16.7. The lowest BCUT2D eigenvalue weighted by Crippen LogP contribution is -2.03. The summed E-state index contributed by atoms with van der Waals surface area (Å²) in [5.74, 6) is 0.468. The van der Waals surface area contributed by atoms with Crippen LogP contribution in [-0.4, -0.2) is 20.3 Å². The summed E-state index contributed by atoms with van der Waals surface area (Å²) < 4.78 is 0. The fraction of sp³-hybridized carbons (Fsp3) is 0.200. The van der Waals surface area contributed by atoms with Gasteiger partial charge in [-0.2, -0.15) is 5.10 Å². The molecule has 0 aliphatic heterocycles. The fourth-order valence-electron chi connectivity index (χ4n) is 1.36. The second kappa shape index (κ2) is 4.42. The van der Waals surface area contributed by atoms with Crippen LogP contribution >= 0.6 is 11.6 Å². The Morgan fingerprint density at radius 2 is 2.33 bits per heavy atom. The Hall–Kier alpha value is -1.39. The molecule has 0 bridgehead atoms. The van der Waals surface area contributed by atoms with Crippen molar-refractivity contribution >= 4 is 11.6 Å². The third-order valence-corrected chi connectivity index (χ3v) is 2.30. The van der Waals surface area contributed by atoms with Crippen LogP contribution < -0.4 is 0 Å². The molecule has 0 aliphatic rings. The Kier molecular flexibility index (Phi) is 2.99. The van der Waals surface area contributed by atoms with Gasteiger partial charge in [-0.3, -0.25) is 5.10 Å². The predicted octanol–water partition coefficient (Wildman–Crippen LogP) is 1.73. The number of benzene rings is 1. The molecule has 5 heteroatoms. The lowest BCUT2D eigenvalue weighted by molar-refractivity contribution is 0.169. The minimum Gasteiger partial charge on any atom is -0.385 e. The van der Waals surface area contributed by atoms with Gasteiger partial charge in [-0.15, -0.1) is 0 Å². The molecule has 2 rings (SSSR count). The molecule has 0 amide bonds. The summed E-state index contributed by atoms with van der Waals surface area (Å²) in [4.78, 5) is 3.89. The van der Waals surface area contributed by atoms with Crippen molar-refractivity contribution < 1.29 is 5.11 Å². The molecule has 0 fully saturated rings. The number of aliphatic hydroxyl groups is 1. The number of halogens is 1. The van der Waals surface area contributed by atoms with E-state index in [0.717, 1.165) is 5.56 Å². The Morgan fingerprint density at radius 3 is 3.00 bits per heavy atom. The first-order chi connectivity index (χ1) is 7.25. The van der Waals surface area contributed by atoms with Crippen LogP contribution in [-0.2, 0) is 6.42 Å². The number of hydrogen-bond donors (Lipinski definition) is 2. The van der Waals surface area contributed by atoms with Crippen molar-refractivity contribution in [1.82, 2.24) is 15.2 Å². The van der Waals surface area contributed by atoms with Crippen molar-refractivity contribution in [1.29, 1.82) is 0 Å². The number of nitrogens with zero attached hydrogens (tertiary/aromatic N) is 2. The maximum Gasteiger partial charge on any atom is 0.153 e. The zero-order valence-corrected chi connectivity index (χ0v) is 8.65. The zero-order valence-electron chi connectivity index (χ0n) is 7.89. The molecule has 1 heterocycles. The molecule has 4 nitrogen and oxygen atoms in total. The summed E-state index contributed by atoms with van der Waals surface area (Å²) >= 11 is 5.84. The van der Waals surface area contributed by atoms with E-state index in [9.17, 15) is 5.11 Å². The molecule has 78 valence electrons. The van der Waals surface area contributed by atoms with E-state index in [-0.39, 0.29) is 0 Å². The topological polar surface area (TPSA) is 61.8 Å². The molecule has 2 N–H and O–H groups in total. The van der Waals surface area contributed by atoms with E-state index in [1.807, 2.05) is 18.2 Å². The normalized spacial score (nSPS) is 12.7. The van der Waals surface area contributed by atoms with Gasteiger partial charge in [0.05, 0.1) is 0 Å². The molecule has 1 aromatic heterocycles. The number of hydrogen-bond acceptors (Lipinski definition) is 3. The molecule has 0 saturated carbocycles. The monoisotopic (exact) mass is 223 g/mol. The van der Waals surface area contributed by atoms with Crippen LogP contribution in [0.25, 0.3) is 0 Å². The summed E-state index contributed by atoms with van der Waals surface area (Å²) in [6, 6.07) is 7.38. The summed E-state index contributed by atoms with van der Waals surface area (Å²) in [6.07, 6.45) is 1.16. The zero-order chi connectivity index (χ0) is 10.7. The van der Waals surface area contributed by atoms with Gasteiger partial charge in [0.1, 0.15) is 12.4 Å². The van der Waals surface area contributed by atoms with Crippen molar-refractivity contribution in [2.24, 2.45) is 0 Å². The van der Waals surface area contributed by atoms with Crippen LogP contribution in [0.15, 0.2) is 30.6 Å². The molecule has 1 unspecified atom stereocenters. The van der Waals surface area contributed by atoms with Gasteiger partial charge in [-0.05, 0) is 17.7 Å². The molecule has 2 aromatic rings. The number of aromatic nitrogens is 3. The third kappa shape index (κ3) is 2.55. The number of aliphatic hydroxyl groups excluding tert-OH is 1. The van der Waals surface area contributed by atoms with E-state index in [1.54, 1.807) is 6.07 Å². The van der Waals surface area contributed by atoms with Gasteiger partial charge in [0.2, 0.25) is 0 Å². The maximum atomic E-state index is 9.78. The van der Waals surface area contributed by atoms with E-state index >= 15 is 0 Å².